The number of pyridine rings is 1. The molecule has 0 aliphatic heterocycles. The van der Waals surface area contributed by atoms with Crippen LogP contribution in [0.4, 0.5) is 5.69 Å². The third kappa shape index (κ3) is 3.92. The minimum Gasteiger partial charge on any atom is -0.485 e. The Balaban J connectivity index is 1.74. The number of nitrogens with two attached hydrogens (primary N) is 2. The summed E-state index contributed by atoms with van der Waals surface area (Å²) in [6.45, 7) is 1.92. The highest BCUT2D eigenvalue weighted by molar-refractivity contribution is 7.15. The number of nitrogen functional groups attached to an aromatic ring is 1. The summed E-state index contributed by atoms with van der Waals surface area (Å²) in [4.78, 5) is 17.7. The number of carbonyl (C=O) groups is 1. The average molecular weight is 427 g/mol. The van der Waals surface area contributed by atoms with Crippen LogP contribution in [0.2, 0.25) is 5.02 Å². The highest BCUT2D eigenvalue weighted by Gasteiger charge is 2.19. The Hall–Kier alpha value is -3.03. The number of primary amides is 1. The molecular formula is C21H19ClN4O2S. The number of aromatic nitrogens is 2. The van der Waals surface area contributed by atoms with Crippen molar-refractivity contribution in [1.29, 1.82) is 0 Å². The van der Waals surface area contributed by atoms with E-state index in [1.807, 2.05) is 53.9 Å². The molecule has 3 aromatic heterocycles. The molecule has 1 aromatic carbocycles. The molecule has 4 aromatic rings. The van der Waals surface area contributed by atoms with Crippen LogP contribution in [0.3, 0.4) is 0 Å². The lowest BCUT2D eigenvalue weighted by Gasteiger charge is -2.16. The van der Waals surface area contributed by atoms with Gasteiger partial charge in [0.05, 0.1) is 28.1 Å². The quantitative estimate of drug-likeness (QED) is 0.475. The number of ether oxygens (including phenoxy) is 1. The molecule has 0 unspecified atom stereocenters. The van der Waals surface area contributed by atoms with E-state index in [0.717, 1.165) is 26.7 Å². The van der Waals surface area contributed by atoms with Crippen LogP contribution in [0, 0.1) is 0 Å². The van der Waals surface area contributed by atoms with Gasteiger partial charge in [0.15, 0.2) is 0 Å². The van der Waals surface area contributed by atoms with Crippen molar-refractivity contribution in [2.24, 2.45) is 5.73 Å². The molecule has 29 heavy (non-hydrogen) atoms. The molecule has 4 rings (SSSR count). The summed E-state index contributed by atoms with van der Waals surface area (Å²) in [5.41, 5.74) is 14.5. The number of imidazole rings is 1. The Bertz CT molecular complexity index is 1200. The van der Waals surface area contributed by atoms with Crippen LogP contribution in [-0.4, -0.2) is 15.3 Å². The number of carbonyl (C=O) groups excluding carboxylic acids is 1. The van der Waals surface area contributed by atoms with Crippen molar-refractivity contribution in [1.82, 2.24) is 9.38 Å². The summed E-state index contributed by atoms with van der Waals surface area (Å²) in [5, 5.41) is 0.629. The topological polar surface area (TPSA) is 95.6 Å². The molecule has 4 N–H and O–H groups in total. The number of hydrogen-bond acceptors (Lipinski definition) is 5. The van der Waals surface area contributed by atoms with Crippen LogP contribution >= 0.6 is 22.9 Å². The molecule has 0 radical (unpaired) electrons. The minimum atomic E-state index is -0.420. The van der Waals surface area contributed by atoms with Gasteiger partial charge in [-0.3, -0.25) is 9.20 Å². The van der Waals surface area contributed by atoms with Crippen molar-refractivity contribution < 1.29 is 9.53 Å². The van der Waals surface area contributed by atoms with Crippen molar-refractivity contribution in [2.45, 2.75) is 19.4 Å². The number of benzene rings is 1. The molecule has 0 fully saturated rings. The highest BCUT2D eigenvalue weighted by Crippen LogP contribution is 2.39. The third-order valence-corrected chi connectivity index (χ3v) is 6.02. The molecule has 148 valence electrons. The van der Waals surface area contributed by atoms with E-state index in [1.54, 1.807) is 12.3 Å². The predicted molar refractivity (Wildman–Crippen MR) is 116 cm³/mol. The number of fused-ring (bicyclic) bond motifs is 1. The van der Waals surface area contributed by atoms with Gasteiger partial charge in [0, 0.05) is 28.5 Å². The average Bonchev–Trinajstić information content (AvgIpc) is 3.25. The van der Waals surface area contributed by atoms with Crippen molar-refractivity contribution >= 4 is 40.2 Å². The first-order chi connectivity index (χ1) is 13.9. The number of halogens is 1. The second kappa shape index (κ2) is 7.77. The second-order valence-corrected chi connectivity index (χ2v) is 8.20. The maximum atomic E-state index is 11.6. The zero-order chi connectivity index (χ0) is 20.5. The SMILES string of the molecule is C[C@@H](Oc1cc(-c2cnc3ccc(N)cn23)sc1CC(N)=O)c1ccccc1Cl. The van der Waals surface area contributed by atoms with E-state index in [2.05, 4.69) is 4.98 Å². The largest absolute Gasteiger partial charge is 0.485 e. The van der Waals surface area contributed by atoms with Crippen molar-refractivity contribution in [3.05, 3.63) is 70.3 Å². The molecule has 6 nitrogen and oxygen atoms in total. The van der Waals surface area contributed by atoms with Crippen LogP contribution < -0.4 is 16.2 Å². The van der Waals surface area contributed by atoms with Crippen LogP contribution in [0.25, 0.3) is 16.2 Å². The smallest absolute Gasteiger partial charge is 0.222 e. The Kier molecular flexibility index (Phi) is 5.17. The monoisotopic (exact) mass is 426 g/mol. The highest BCUT2D eigenvalue weighted by atomic mass is 35.5. The maximum absolute atomic E-state index is 11.6. The lowest BCUT2D eigenvalue weighted by Crippen LogP contribution is -2.13. The van der Waals surface area contributed by atoms with Gasteiger partial charge in [0.25, 0.3) is 0 Å². The van der Waals surface area contributed by atoms with E-state index >= 15 is 0 Å². The normalized spacial score (nSPS) is 12.2. The van der Waals surface area contributed by atoms with Gasteiger partial charge in [0.2, 0.25) is 5.91 Å². The Morgan fingerprint density at radius 3 is 2.86 bits per heavy atom. The standard InChI is InChI=1S/C21H19ClN4O2S/c1-12(14-4-2-3-5-15(14)22)28-17-8-18(29-19(17)9-20(24)27)16-10-25-21-7-6-13(23)11-26(16)21/h2-8,10-12H,9,23H2,1H3,(H2,24,27)/t12-/m1/s1. The lowest BCUT2D eigenvalue weighted by atomic mass is 10.1. The molecule has 1 atom stereocenters. The van der Waals surface area contributed by atoms with E-state index in [-0.39, 0.29) is 12.5 Å². The fourth-order valence-corrected chi connectivity index (χ4v) is 4.56. The lowest BCUT2D eigenvalue weighted by molar-refractivity contribution is -0.117. The maximum Gasteiger partial charge on any atom is 0.222 e. The number of anilines is 1. The van der Waals surface area contributed by atoms with Gasteiger partial charge >= 0.3 is 0 Å². The summed E-state index contributed by atoms with van der Waals surface area (Å²) in [5.74, 6) is 0.186. The van der Waals surface area contributed by atoms with Crippen molar-refractivity contribution in [3.8, 4) is 16.3 Å². The molecule has 0 saturated heterocycles. The molecule has 0 bridgehead atoms. The van der Waals surface area contributed by atoms with E-state index in [9.17, 15) is 4.79 Å². The number of rotatable bonds is 6. The zero-order valence-corrected chi connectivity index (χ0v) is 17.2. The summed E-state index contributed by atoms with van der Waals surface area (Å²) in [7, 11) is 0. The second-order valence-electron chi connectivity index (χ2n) is 6.66. The van der Waals surface area contributed by atoms with Gasteiger partial charge in [-0.15, -0.1) is 11.3 Å². The third-order valence-electron chi connectivity index (χ3n) is 4.53. The van der Waals surface area contributed by atoms with E-state index < -0.39 is 5.91 Å². The molecule has 0 aliphatic carbocycles. The first kappa shape index (κ1) is 19.3. The van der Waals surface area contributed by atoms with E-state index in [1.165, 1.54) is 11.3 Å². The summed E-state index contributed by atoms with van der Waals surface area (Å²) < 4.78 is 8.10. The fraction of sp³-hybridized carbons (Fsp3) is 0.143. The van der Waals surface area contributed by atoms with Gasteiger partial charge in [-0.25, -0.2) is 4.98 Å². The number of thiophene rings is 1. The first-order valence-corrected chi connectivity index (χ1v) is 10.2. The first-order valence-electron chi connectivity index (χ1n) is 8.97. The summed E-state index contributed by atoms with van der Waals surface area (Å²) in [6, 6.07) is 13.1. The van der Waals surface area contributed by atoms with Crippen LogP contribution in [0.1, 0.15) is 23.5 Å². The zero-order valence-electron chi connectivity index (χ0n) is 15.6. The van der Waals surface area contributed by atoms with Gasteiger partial charge in [0.1, 0.15) is 17.5 Å². The van der Waals surface area contributed by atoms with Crippen molar-refractivity contribution in [2.75, 3.05) is 5.73 Å². The molecule has 1 amide bonds. The van der Waals surface area contributed by atoms with Crippen molar-refractivity contribution in [3.63, 3.8) is 0 Å². The van der Waals surface area contributed by atoms with Gasteiger partial charge in [-0.05, 0) is 25.1 Å². The van der Waals surface area contributed by atoms with E-state index in [0.29, 0.717) is 16.5 Å². The van der Waals surface area contributed by atoms with Crippen LogP contribution in [0.5, 0.6) is 5.75 Å². The minimum absolute atomic E-state index is 0.0914. The summed E-state index contributed by atoms with van der Waals surface area (Å²) >= 11 is 7.75. The van der Waals surface area contributed by atoms with Gasteiger partial charge < -0.3 is 16.2 Å². The number of nitrogens with zero attached hydrogens (tertiary/aromatic N) is 2. The van der Waals surface area contributed by atoms with E-state index in [4.69, 9.17) is 27.8 Å². The van der Waals surface area contributed by atoms with Crippen LogP contribution in [-0.2, 0) is 11.2 Å². The van der Waals surface area contributed by atoms with Crippen LogP contribution in [0.15, 0.2) is 54.9 Å². The molecule has 0 aliphatic rings. The molecular weight excluding hydrogens is 408 g/mol. The van der Waals surface area contributed by atoms with Gasteiger partial charge in [-0.1, -0.05) is 29.8 Å². The molecule has 3 heterocycles. The predicted octanol–water partition coefficient (Wildman–Crippen LogP) is 4.47. The van der Waals surface area contributed by atoms with Gasteiger partial charge in [-0.2, -0.15) is 0 Å². The summed E-state index contributed by atoms with van der Waals surface area (Å²) in [6.07, 6.45) is 3.39. The number of amides is 1. The Labute approximate surface area is 176 Å². The fourth-order valence-electron chi connectivity index (χ4n) is 3.16. The Morgan fingerprint density at radius 1 is 1.31 bits per heavy atom. The molecule has 0 spiro atoms. The Morgan fingerprint density at radius 2 is 2.10 bits per heavy atom. The molecule has 8 heteroatoms. The molecule has 0 saturated carbocycles. The number of hydrogen-bond donors (Lipinski definition) is 2.